The Labute approximate surface area is 119 Å². The number of rotatable bonds is 7. The minimum Gasteiger partial charge on any atom is -0.302 e. The maximum Gasteiger partial charge on any atom is 0.0991 e. The second kappa shape index (κ2) is 8.29. The van der Waals surface area contributed by atoms with Crippen molar-refractivity contribution in [1.82, 2.24) is 4.90 Å². The first-order valence-electron chi connectivity index (χ1n) is 6.39. The van der Waals surface area contributed by atoms with E-state index in [1.165, 1.54) is 18.4 Å². The van der Waals surface area contributed by atoms with E-state index in [9.17, 15) is 0 Å². The Morgan fingerprint density at radius 1 is 1.39 bits per heavy atom. The molecule has 0 saturated heterocycles. The van der Waals surface area contributed by atoms with E-state index in [0.717, 1.165) is 29.9 Å². The molecular formula is C15H21BrN2. The number of nitrogens with zero attached hydrogens (tertiary/aromatic N) is 2. The number of halogens is 1. The first-order valence-corrected chi connectivity index (χ1v) is 7.51. The maximum absolute atomic E-state index is 8.86. The van der Waals surface area contributed by atoms with Crippen molar-refractivity contribution in [2.75, 3.05) is 18.9 Å². The lowest BCUT2D eigenvalue weighted by Crippen LogP contribution is -2.21. The van der Waals surface area contributed by atoms with Crippen molar-refractivity contribution in [2.45, 2.75) is 26.3 Å². The highest BCUT2D eigenvalue weighted by molar-refractivity contribution is 9.09. The molecule has 0 aromatic heterocycles. The average molecular weight is 309 g/mol. The van der Waals surface area contributed by atoms with Gasteiger partial charge < -0.3 is 4.90 Å². The van der Waals surface area contributed by atoms with Crippen molar-refractivity contribution >= 4 is 15.9 Å². The normalized spacial score (nSPS) is 12.4. The zero-order valence-corrected chi connectivity index (χ0v) is 12.8. The molecule has 1 aromatic carbocycles. The van der Waals surface area contributed by atoms with Crippen molar-refractivity contribution < 1.29 is 0 Å². The molecule has 1 aromatic rings. The summed E-state index contributed by atoms with van der Waals surface area (Å²) in [5, 5.41) is 9.95. The summed E-state index contributed by atoms with van der Waals surface area (Å²) in [6.07, 6.45) is 2.46. The van der Waals surface area contributed by atoms with Crippen LogP contribution in [0.4, 0.5) is 0 Å². The summed E-state index contributed by atoms with van der Waals surface area (Å²) in [7, 11) is 2.14. The van der Waals surface area contributed by atoms with Gasteiger partial charge in [-0.05, 0) is 50.0 Å². The van der Waals surface area contributed by atoms with Gasteiger partial charge in [-0.3, -0.25) is 0 Å². The Kier molecular flexibility index (Phi) is 7.00. The van der Waals surface area contributed by atoms with Crippen molar-refractivity contribution in [3.63, 3.8) is 0 Å². The van der Waals surface area contributed by atoms with E-state index in [1.807, 2.05) is 18.2 Å². The summed E-state index contributed by atoms with van der Waals surface area (Å²) < 4.78 is 0. The van der Waals surface area contributed by atoms with Crippen LogP contribution in [0.2, 0.25) is 0 Å². The van der Waals surface area contributed by atoms with Crippen LogP contribution in [0.5, 0.6) is 0 Å². The number of benzene rings is 1. The van der Waals surface area contributed by atoms with Gasteiger partial charge in [0.1, 0.15) is 0 Å². The smallest absolute Gasteiger partial charge is 0.0991 e. The van der Waals surface area contributed by atoms with E-state index < -0.39 is 0 Å². The fourth-order valence-corrected chi connectivity index (χ4v) is 2.68. The van der Waals surface area contributed by atoms with Gasteiger partial charge in [0.05, 0.1) is 11.6 Å². The molecule has 0 heterocycles. The molecule has 3 heteroatoms. The second-order valence-corrected chi connectivity index (χ2v) is 5.71. The molecule has 0 aliphatic carbocycles. The Balaban J connectivity index is 2.39. The Hall–Kier alpha value is -0.850. The summed E-state index contributed by atoms with van der Waals surface area (Å²) in [5.41, 5.74) is 1.96. The minimum atomic E-state index is 0.744. The van der Waals surface area contributed by atoms with Gasteiger partial charge in [0, 0.05) is 11.9 Å². The van der Waals surface area contributed by atoms with E-state index in [2.05, 4.69) is 46.9 Å². The number of nitriles is 1. The third-order valence-electron chi connectivity index (χ3n) is 3.11. The van der Waals surface area contributed by atoms with Crippen LogP contribution in [0.1, 0.15) is 30.9 Å². The lowest BCUT2D eigenvalue weighted by atomic mass is 10.0. The monoisotopic (exact) mass is 308 g/mol. The number of hydrogen-bond acceptors (Lipinski definition) is 2. The van der Waals surface area contributed by atoms with Gasteiger partial charge in [-0.1, -0.05) is 35.0 Å². The average Bonchev–Trinajstić information content (AvgIpc) is 2.37. The first kappa shape index (κ1) is 15.2. The number of hydrogen-bond donors (Lipinski definition) is 0. The van der Waals surface area contributed by atoms with Crippen LogP contribution in [-0.4, -0.2) is 23.8 Å². The predicted molar refractivity (Wildman–Crippen MR) is 79.7 cm³/mol. The molecule has 0 spiro atoms. The molecule has 18 heavy (non-hydrogen) atoms. The molecule has 1 atom stereocenters. The minimum absolute atomic E-state index is 0.744. The van der Waals surface area contributed by atoms with E-state index in [4.69, 9.17) is 5.26 Å². The number of alkyl halides is 1. The van der Waals surface area contributed by atoms with Gasteiger partial charge in [-0.25, -0.2) is 0 Å². The highest BCUT2D eigenvalue weighted by Gasteiger charge is 2.05. The summed E-state index contributed by atoms with van der Waals surface area (Å²) >= 11 is 3.48. The van der Waals surface area contributed by atoms with Gasteiger partial charge in [0.25, 0.3) is 0 Å². The molecule has 0 radical (unpaired) electrons. The standard InChI is InChI=1S/C15H21BrN2/c1-13(6-8-16)7-9-18(2)12-15-5-3-4-14(10-15)11-17/h3-5,10,13H,6-9,12H2,1-2H3. The summed E-state index contributed by atoms with van der Waals surface area (Å²) in [4.78, 5) is 2.32. The summed E-state index contributed by atoms with van der Waals surface area (Å²) in [6.45, 7) is 4.31. The lowest BCUT2D eigenvalue weighted by Gasteiger charge is -2.19. The van der Waals surface area contributed by atoms with Crippen LogP contribution in [0.15, 0.2) is 24.3 Å². The first-order chi connectivity index (χ1) is 8.65. The fourth-order valence-electron chi connectivity index (χ4n) is 1.90. The van der Waals surface area contributed by atoms with Crippen molar-refractivity contribution in [2.24, 2.45) is 5.92 Å². The predicted octanol–water partition coefficient (Wildman–Crippen LogP) is 3.80. The largest absolute Gasteiger partial charge is 0.302 e. The fraction of sp³-hybridized carbons (Fsp3) is 0.533. The van der Waals surface area contributed by atoms with Crippen molar-refractivity contribution in [1.29, 1.82) is 5.26 Å². The van der Waals surface area contributed by atoms with Gasteiger partial charge >= 0.3 is 0 Å². The molecule has 0 aliphatic heterocycles. The molecule has 2 nitrogen and oxygen atoms in total. The zero-order chi connectivity index (χ0) is 13.4. The van der Waals surface area contributed by atoms with E-state index in [0.29, 0.717) is 0 Å². The second-order valence-electron chi connectivity index (χ2n) is 4.92. The van der Waals surface area contributed by atoms with Gasteiger partial charge in [-0.15, -0.1) is 0 Å². The molecule has 98 valence electrons. The maximum atomic E-state index is 8.86. The molecule has 0 amide bonds. The molecular weight excluding hydrogens is 288 g/mol. The highest BCUT2D eigenvalue weighted by Crippen LogP contribution is 2.12. The highest BCUT2D eigenvalue weighted by atomic mass is 79.9. The van der Waals surface area contributed by atoms with Crippen LogP contribution in [0, 0.1) is 17.2 Å². The van der Waals surface area contributed by atoms with Crippen LogP contribution < -0.4 is 0 Å². The Bertz CT molecular complexity index is 398. The van der Waals surface area contributed by atoms with E-state index in [-0.39, 0.29) is 0 Å². The third kappa shape index (κ3) is 5.66. The van der Waals surface area contributed by atoms with Crippen molar-refractivity contribution in [3.05, 3.63) is 35.4 Å². The zero-order valence-electron chi connectivity index (χ0n) is 11.2. The third-order valence-corrected chi connectivity index (χ3v) is 3.57. The van der Waals surface area contributed by atoms with Gasteiger partial charge in [-0.2, -0.15) is 5.26 Å². The molecule has 0 aliphatic rings. The molecule has 0 saturated carbocycles. The molecule has 1 unspecified atom stereocenters. The molecule has 1 rings (SSSR count). The van der Waals surface area contributed by atoms with Gasteiger partial charge in [0.15, 0.2) is 0 Å². The molecule has 0 fully saturated rings. The summed E-state index contributed by atoms with van der Waals surface area (Å²) in [5.74, 6) is 0.761. The molecule has 0 bridgehead atoms. The van der Waals surface area contributed by atoms with E-state index >= 15 is 0 Å². The van der Waals surface area contributed by atoms with Crippen LogP contribution >= 0.6 is 15.9 Å². The summed E-state index contributed by atoms with van der Waals surface area (Å²) in [6, 6.07) is 10.0. The topological polar surface area (TPSA) is 27.0 Å². The Morgan fingerprint density at radius 3 is 2.83 bits per heavy atom. The van der Waals surface area contributed by atoms with Crippen LogP contribution in [0.25, 0.3) is 0 Å². The van der Waals surface area contributed by atoms with Crippen LogP contribution in [-0.2, 0) is 6.54 Å². The van der Waals surface area contributed by atoms with E-state index in [1.54, 1.807) is 0 Å². The van der Waals surface area contributed by atoms with Crippen LogP contribution in [0.3, 0.4) is 0 Å². The molecule has 0 N–H and O–H groups in total. The van der Waals surface area contributed by atoms with Crippen molar-refractivity contribution in [3.8, 4) is 6.07 Å². The Morgan fingerprint density at radius 2 is 2.17 bits per heavy atom. The SMILES string of the molecule is CC(CCBr)CCN(C)Cc1cccc(C#N)c1. The lowest BCUT2D eigenvalue weighted by molar-refractivity contribution is 0.297. The quantitative estimate of drug-likeness (QED) is 0.716. The van der Waals surface area contributed by atoms with Gasteiger partial charge in [0.2, 0.25) is 0 Å².